The highest BCUT2D eigenvalue weighted by molar-refractivity contribution is 5.25. The Morgan fingerprint density at radius 1 is 1.29 bits per heavy atom. The van der Waals surface area contributed by atoms with Crippen LogP contribution in [0.5, 0.6) is 0 Å². The molecule has 5 heteroatoms. The number of hydrogen-bond donors (Lipinski definition) is 1. The van der Waals surface area contributed by atoms with Gasteiger partial charge in [0.25, 0.3) is 0 Å². The van der Waals surface area contributed by atoms with Crippen LogP contribution in [0.2, 0.25) is 0 Å². The molecular formula is C16H23FN4. The number of aromatic nitrogens is 3. The lowest BCUT2D eigenvalue weighted by Crippen LogP contribution is -2.19. The van der Waals surface area contributed by atoms with E-state index < -0.39 is 0 Å². The maximum atomic E-state index is 13.2. The Morgan fingerprint density at radius 2 is 2.05 bits per heavy atom. The Labute approximate surface area is 125 Å². The summed E-state index contributed by atoms with van der Waals surface area (Å²) < 4.78 is 15.1. The molecule has 0 saturated heterocycles. The maximum absolute atomic E-state index is 13.2. The van der Waals surface area contributed by atoms with Gasteiger partial charge >= 0.3 is 0 Å². The van der Waals surface area contributed by atoms with E-state index in [1.807, 2.05) is 11.6 Å². The largest absolute Gasteiger partial charge is 0.312 e. The minimum Gasteiger partial charge on any atom is -0.312 e. The van der Waals surface area contributed by atoms with Crippen molar-refractivity contribution in [3.05, 3.63) is 46.8 Å². The number of rotatable bonds is 6. The van der Waals surface area contributed by atoms with Crippen molar-refractivity contribution in [2.75, 3.05) is 6.54 Å². The standard InChI is InChI=1S/C16H23FN4/c1-11(2)6-18-9-16-12(3)20-21(13(16)4)10-14-5-15(17)8-19-7-14/h5,7-8,11,18H,6,9-10H2,1-4H3. The summed E-state index contributed by atoms with van der Waals surface area (Å²) in [6.07, 6.45) is 2.89. The third-order valence-corrected chi connectivity index (χ3v) is 3.48. The molecule has 0 aliphatic carbocycles. The van der Waals surface area contributed by atoms with Gasteiger partial charge in [0.05, 0.1) is 18.4 Å². The van der Waals surface area contributed by atoms with E-state index in [-0.39, 0.29) is 5.82 Å². The van der Waals surface area contributed by atoms with Crippen molar-refractivity contribution in [1.29, 1.82) is 0 Å². The lowest BCUT2D eigenvalue weighted by atomic mass is 10.1. The molecule has 21 heavy (non-hydrogen) atoms. The number of nitrogens with one attached hydrogen (secondary N) is 1. The van der Waals surface area contributed by atoms with Crippen LogP contribution in [0.1, 0.15) is 36.4 Å². The predicted molar refractivity (Wildman–Crippen MR) is 81.5 cm³/mol. The molecule has 0 unspecified atom stereocenters. The van der Waals surface area contributed by atoms with Crippen molar-refractivity contribution in [2.45, 2.75) is 40.8 Å². The van der Waals surface area contributed by atoms with Gasteiger partial charge in [-0.05, 0) is 37.9 Å². The van der Waals surface area contributed by atoms with Gasteiger partial charge in [-0.1, -0.05) is 13.8 Å². The van der Waals surface area contributed by atoms with Crippen LogP contribution in [0.4, 0.5) is 4.39 Å². The fourth-order valence-corrected chi connectivity index (χ4v) is 2.34. The zero-order chi connectivity index (χ0) is 15.4. The smallest absolute Gasteiger partial charge is 0.141 e. The monoisotopic (exact) mass is 290 g/mol. The van der Waals surface area contributed by atoms with Gasteiger partial charge in [-0.2, -0.15) is 5.10 Å². The van der Waals surface area contributed by atoms with E-state index in [0.29, 0.717) is 12.5 Å². The number of halogens is 1. The van der Waals surface area contributed by atoms with Gasteiger partial charge in [-0.15, -0.1) is 0 Å². The minimum absolute atomic E-state index is 0.312. The van der Waals surface area contributed by atoms with Crippen LogP contribution in [0.3, 0.4) is 0 Å². The quantitative estimate of drug-likeness (QED) is 0.889. The Kier molecular flexibility index (Phi) is 5.07. The summed E-state index contributed by atoms with van der Waals surface area (Å²) in [5.41, 5.74) is 4.18. The van der Waals surface area contributed by atoms with Gasteiger partial charge in [0.15, 0.2) is 0 Å². The molecule has 0 aliphatic rings. The van der Waals surface area contributed by atoms with Crippen molar-refractivity contribution >= 4 is 0 Å². The predicted octanol–water partition coefficient (Wildman–Crippen LogP) is 2.83. The van der Waals surface area contributed by atoms with Crippen molar-refractivity contribution in [1.82, 2.24) is 20.1 Å². The molecule has 0 bridgehead atoms. The van der Waals surface area contributed by atoms with Crippen LogP contribution in [0, 0.1) is 25.6 Å². The van der Waals surface area contributed by atoms with E-state index in [9.17, 15) is 4.39 Å². The first kappa shape index (κ1) is 15.6. The summed E-state index contributed by atoms with van der Waals surface area (Å²) in [4.78, 5) is 3.88. The van der Waals surface area contributed by atoms with Crippen LogP contribution >= 0.6 is 0 Å². The highest BCUT2D eigenvalue weighted by Gasteiger charge is 2.12. The molecule has 2 aromatic rings. The molecule has 0 aliphatic heterocycles. The summed E-state index contributed by atoms with van der Waals surface area (Å²) in [5, 5.41) is 8.00. The molecular weight excluding hydrogens is 267 g/mol. The molecule has 0 saturated carbocycles. The second-order valence-corrected chi connectivity index (χ2v) is 5.84. The van der Waals surface area contributed by atoms with Crippen molar-refractivity contribution < 1.29 is 4.39 Å². The SMILES string of the molecule is Cc1nn(Cc2cncc(F)c2)c(C)c1CNCC(C)C. The van der Waals surface area contributed by atoms with E-state index >= 15 is 0 Å². The van der Waals surface area contributed by atoms with Gasteiger partial charge < -0.3 is 5.32 Å². The molecule has 0 fully saturated rings. The minimum atomic E-state index is -0.312. The summed E-state index contributed by atoms with van der Waals surface area (Å²) in [7, 11) is 0. The molecule has 0 spiro atoms. The Morgan fingerprint density at radius 3 is 2.71 bits per heavy atom. The number of hydrogen-bond acceptors (Lipinski definition) is 3. The first-order valence-electron chi connectivity index (χ1n) is 7.30. The Hall–Kier alpha value is -1.75. The van der Waals surface area contributed by atoms with Crippen LogP contribution in [-0.4, -0.2) is 21.3 Å². The molecule has 2 rings (SSSR count). The van der Waals surface area contributed by atoms with E-state index in [2.05, 4.69) is 36.2 Å². The van der Waals surface area contributed by atoms with Gasteiger partial charge in [0.2, 0.25) is 0 Å². The van der Waals surface area contributed by atoms with E-state index in [1.54, 1.807) is 6.20 Å². The normalized spacial score (nSPS) is 11.3. The van der Waals surface area contributed by atoms with E-state index in [0.717, 1.165) is 30.0 Å². The summed E-state index contributed by atoms with van der Waals surface area (Å²) in [6, 6.07) is 1.50. The average Bonchev–Trinajstić information content (AvgIpc) is 2.66. The average molecular weight is 290 g/mol. The highest BCUT2D eigenvalue weighted by atomic mass is 19.1. The number of aryl methyl sites for hydroxylation is 1. The summed E-state index contributed by atoms with van der Waals surface area (Å²) >= 11 is 0. The first-order valence-corrected chi connectivity index (χ1v) is 7.30. The molecule has 0 amide bonds. The van der Waals surface area contributed by atoms with Crippen molar-refractivity contribution in [3.8, 4) is 0 Å². The van der Waals surface area contributed by atoms with Crippen LogP contribution < -0.4 is 5.32 Å². The fourth-order valence-electron chi connectivity index (χ4n) is 2.34. The lowest BCUT2D eigenvalue weighted by Gasteiger charge is -2.08. The third-order valence-electron chi connectivity index (χ3n) is 3.48. The van der Waals surface area contributed by atoms with Crippen molar-refractivity contribution in [2.24, 2.45) is 5.92 Å². The topological polar surface area (TPSA) is 42.7 Å². The maximum Gasteiger partial charge on any atom is 0.141 e. The van der Waals surface area contributed by atoms with Gasteiger partial charge in [0, 0.05) is 24.0 Å². The molecule has 2 heterocycles. The number of nitrogens with zero attached hydrogens (tertiary/aromatic N) is 3. The zero-order valence-electron chi connectivity index (χ0n) is 13.2. The first-order chi connectivity index (χ1) is 9.97. The molecule has 114 valence electrons. The van der Waals surface area contributed by atoms with E-state index in [4.69, 9.17) is 0 Å². The summed E-state index contributed by atoms with van der Waals surface area (Å²) in [6.45, 7) is 10.8. The van der Waals surface area contributed by atoms with Gasteiger partial charge in [-0.3, -0.25) is 9.67 Å². The lowest BCUT2D eigenvalue weighted by molar-refractivity contribution is 0.550. The van der Waals surface area contributed by atoms with Gasteiger partial charge in [-0.25, -0.2) is 4.39 Å². The van der Waals surface area contributed by atoms with Crippen LogP contribution in [0.25, 0.3) is 0 Å². The van der Waals surface area contributed by atoms with Gasteiger partial charge in [0.1, 0.15) is 5.82 Å². The second-order valence-electron chi connectivity index (χ2n) is 5.84. The second kappa shape index (κ2) is 6.80. The highest BCUT2D eigenvalue weighted by Crippen LogP contribution is 2.15. The third kappa shape index (κ3) is 4.11. The summed E-state index contributed by atoms with van der Waals surface area (Å²) in [5.74, 6) is 0.312. The number of pyridine rings is 1. The van der Waals surface area contributed by atoms with Crippen LogP contribution in [0.15, 0.2) is 18.5 Å². The van der Waals surface area contributed by atoms with Crippen molar-refractivity contribution in [3.63, 3.8) is 0 Å². The molecule has 2 aromatic heterocycles. The molecule has 0 atom stereocenters. The molecule has 0 aromatic carbocycles. The Bertz CT molecular complexity index is 604. The fraction of sp³-hybridized carbons (Fsp3) is 0.500. The Balaban J connectivity index is 2.11. The zero-order valence-corrected chi connectivity index (χ0v) is 13.2. The van der Waals surface area contributed by atoms with E-state index in [1.165, 1.54) is 17.8 Å². The van der Waals surface area contributed by atoms with Crippen LogP contribution in [-0.2, 0) is 13.1 Å². The molecule has 4 nitrogen and oxygen atoms in total. The molecule has 0 radical (unpaired) electrons. The molecule has 1 N–H and O–H groups in total.